The van der Waals surface area contributed by atoms with Crippen molar-refractivity contribution < 1.29 is 4.39 Å². The maximum atomic E-state index is 12.9. The van der Waals surface area contributed by atoms with Crippen LogP contribution >= 0.6 is 15.9 Å². The SMILES string of the molecule is Fc1cccc(/C=N/N=C/c2ccc(Br)cc2)c1. The second-order valence-electron chi connectivity index (χ2n) is 3.60. The number of nitrogens with zero attached hydrogens (tertiary/aromatic N) is 2. The summed E-state index contributed by atoms with van der Waals surface area (Å²) >= 11 is 3.36. The van der Waals surface area contributed by atoms with E-state index in [4.69, 9.17) is 0 Å². The first kappa shape index (κ1) is 12.6. The summed E-state index contributed by atoms with van der Waals surface area (Å²) in [5.74, 6) is -0.282. The Morgan fingerprint density at radius 2 is 1.56 bits per heavy atom. The molecule has 0 bridgehead atoms. The van der Waals surface area contributed by atoms with Gasteiger partial charge in [-0.2, -0.15) is 10.2 Å². The summed E-state index contributed by atoms with van der Waals surface area (Å²) in [5, 5.41) is 7.77. The van der Waals surface area contributed by atoms with Crippen LogP contribution in [0.25, 0.3) is 0 Å². The molecule has 0 amide bonds. The third-order valence-electron chi connectivity index (χ3n) is 2.20. The van der Waals surface area contributed by atoms with E-state index in [1.165, 1.54) is 18.3 Å². The molecular formula is C14H10BrFN2. The second kappa shape index (κ2) is 6.21. The molecule has 2 aromatic rings. The van der Waals surface area contributed by atoms with Gasteiger partial charge in [0.25, 0.3) is 0 Å². The van der Waals surface area contributed by atoms with E-state index in [0.29, 0.717) is 5.56 Å². The molecule has 0 aliphatic rings. The molecule has 0 saturated carbocycles. The first-order valence-corrected chi connectivity index (χ1v) is 6.11. The lowest BCUT2D eigenvalue weighted by atomic mass is 10.2. The molecule has 0 fully saturated rings. The highest BCUT2D eigenvalue weighted by Crippen LogP contribution is 2.09. The van der Waals surface area contributed by atoms with Gasteiger partial charge in [-0.15, -0.1) is 0 Å². The molecule has 4 heteroatoms. The first-order valence-electron chi connectivity index (χ1n) is 5.31. The van der Waals surface area contributed by atoms with Crippen LogP contribution in [0.3, 0.4) is 0 Å². The molecule has 2 nitrogen and oxygen atoms in total. The van der Waals surface area contributed by atoms with Crippen LogP contribution in [0, 0.1) is 5.82 Å². The van der Waals surface area contributed by atoms with Crippen LogP contribution in [0.1, 0.15) is 11.1 Å². The number of benzene rings is 2. The minimum atomic E-state index is -0.282. The lowest BCUT2D eigenvalue weighted by Gasteiger charge is -1.92. The topological polar surface area (TPSA) is 24.7 Å². The van der Waals surface area contributed by atoms with Crippen molar-refractivity contribution in [2.75, 3.05) is 0 Å². The van der Waals surface area contributed by atoms with Gasteiger partial charge in [-0.25, -0.2) is 4.39 Å². The van der Waals surface area contributed by atoms with Gasteiger partial charge in [-0.3, -0.25) is 0 Å². The smallest absolute Gasteiger partial charge is 0.123 e. The standard InChI is InChI=1S/C14H10BrFN2/c15-13-6-4-11(5-7-13)9-17-18-10-12-2-1-3-14(16)8-12/h1-10H/b17-9+,18-10+. The van der Waals surface area contributed by atoms with Gasteiger partial charge in [-0.1, -0.05) is 40.2 Å². The van der Waals surface area contributed by atoms with Crippen molar-refractivity contribution in [2.45, 2.75) is 0 Å². The average Bonchev–Trinajstić information content (AvgIpc) is 2.37. The highest BCUT2D eigenvalue weighted by Gasteiger charge is 1.90. The van der Waals surface area contributed by atoms with Crippen molar-refractivity contribution in [1.82, 2.24) is 0 Å². The Morgan fingerprint density at radius 1 is 0.889 bits per heavy atom. The molecule has 0 heterocycles. The normalized spacial score (nSPS) is 11.4. The number of rotatable bonds is 3. The van der Waals surface area contributed by atoms with Crippen LogP contribution in [0.2, 0.25) is 0 Å². The van der Waals surface area contributed by atoms with Crippen LogP contribution in [-0.4, -0.2) is 12.4 Å². The predicted molar refractivity (Wildman–Crippen MR) is 75.7 cm³/mol. The van der Waals surface area contributed by atoms with Gasteiger partial charge in [0.15, 0.2) is 0 Å². The lowest BCUT2D eigenvalue weighted by molar-refractivity contribution is 0.627. The third-order valence-corrected chi connectivity index (χ3v) is 2.73. The Balaban J connectivity index is 2.01. The molecule has 0 aliphatic heterocycles. The van der Waals surface area contributed by atoms with Gasteiger partial charge in [0.1, 0.15) is 5.82 Å². The Labute approximate surface area is 113 Å². The highest BCUT2D eigenvalue weighted by atomic mass is 79.9. The van der Waals surface area contributed by atoms with E-state index in [1.807, 2.05) is 24.3 Å². The van der Waals surface area contributed by atoms with Crippen molar-refractivity contribution in [3.63, 3.8) is 0 Å². The maximum absolute atomic E-state index is 12.9. The Morgan fingerprint density at radius 3 is 2.22 bits per heavy atom. The molecule has 0 unspecified atom stereocenters. The molecule has 2 rings (SSSR count). The van der Waals surface area contributed by atoms with E-state index >= 15 is 0 Å². The monoisotopic (exact) mass is 304 g/mol. The minimum absolute atomic E-state index is 0.282. The number of halogens is 2. The van der Waals surface area contributed by atoms with Crippen molar-refractivity contribution in [3.05, 3.63) is 69.9 Å². The van der Waals surface area contributed by atoms with Gasteiger partial charge in [0, 0.05) is 4.47 Å². The van der Waals surface area contributed by atoms with Gasteiger partial charge < -0.3 is 0 Å². The third kappa shape index (κ3) is 3.89. The molecule has 18 heavy (non-hydrogen) atoms. The summed E-state index contributed by atoms with van der Waals surface area (Å²) in [6.07, 6.45) is 3.15. The summed E-state index contributed by atoms with van der Waals surface area (Å²) in [7, 11) is 0. The Kier molecular flexibility index (Phi) is 4.36. The Hall–Kier alpha value is -1.81. The van der Waals surface area contributed by atoms with Crippen LogP contribution in [0.15, 0.2) is 63.2 Å². The molecule has 0 aliphatic carbocycles. The summed E-state index contributed by atoms with van der Waals surface area (Å²) in [5.41, 5.74) is 1.64. The minimum Gasteiger partial charge on any atom is -0.207 e. The zero-order valence-corrected chi connectivity index (χ0v) is 11.0. The summed E-state index contributed by atoms with van der Waals surface area (Å²) < 4.78 is 13.9. The predicted octanol–water partition coefficient (Wildman–Crippen LogP) is 4.04. The van der Waals surface area contributed by atoms with E-state index in [0.717, 1.165) is 10.0 Å². The zero-order chi connectivity index (χ0) is 12.8. The summed E-state index contributed by atoms with van der Waals surface area (Å²) in [6.45, 7) is 0. The van der Waals surface area contributed by atoms with Crippen molar-refractivity contribution in [3.8, 4) is 0 Å². The maximum Gasteiger partial charge on any atom is 0.123 e. The van der Waals surface area contributed by atoms with Crippen molar-refractivity contribution in [1.29, 1.82) is 0 Å². The van der Waals surface area contributed by atoms with E-state index < -0.39 is 0 Å². The number of hydrogen-bond donors (Lipinski definition) is 0. The van der Waals surface area contributed by atoms with E-state index in [-0.39, 0.29) is 5.82 Å². The molecular weight excluding hydrogens is 295 g/mol. The van der Waals surface area contributed by atoms with Crippen LogP contribution in [0.4, 0.5) is 4.39 Å². The molecule has 0 N–H and O–H groups in total. The molecule has 0 spiro atoms. The molecule has 0 saturated heterocycles. The molecule has 0 atom stereocenters. The molecule has 2 aromatic carbocycles. The fourth-order valence-corrected chi connectivity index (χ4v) is 1.60. The summed E-state index contributed by atoms with van der Waals surface area (Å²) in [6, 6.07) is 13.9. The molecule has 0 aromatic heterocycles. The molecule has 0 radical (unpaired) electrons. The van der Waals surface area contributed by atoms with Gasteiger partial charge in [0.2, 0.25) is 0 Å². The number of hydrogen-bond acceptors (Lipinski definition) is 2. The van der Waals surface area contributed by atoms with Gasteiger partial charge >= 0.3 is 0 Å². The lowest BCUT2D eigenvalue weighted by Crippen LogP contribution is -1.82. The largest absolute Gasteiger partial charge is 0.207 e. The zero-order valence-electron chi connectivity index (χ0n) is 9.42. The fourth-order valence-electron chi connectivity index (χ4n) is 1.34. The first-order chi connectivity index (χ1) is 8.74. The Bertz CT molecular complexity index is 577. The van der Waals surface area contributed by atoms with E-state index in [9.17, 15) is 4.39 Å². The highest BCUT2D eigenvalue weighted by molar-refractivity contribution is 9.10. The van der Waals surface area contributed by atoms with Gasteiger partial charge in [-0.05, 0) is 35.4 Å². The quantitative estimate of drug-likeness (QED) is 0.604. The van der Waals surface area contributed by atoms with Crippen LogP contribution in [-0.2, 0) is 0 Å². The second-order valence-corrected chi connectivity index (χ2v) is 4.51. The van der Waals surface area contributed by atoms with Crippen LogP contribution in [0.5, 0.6) is 0 Å². The summed E-state index contributed by atoms with van der Waals surface area (Å²) in [4.78, 5) is 0. The fraction of sp³-hybridized carbons (Fsp3) is 0. The van der Waals surface area contributed by atoms with E-state index in [1.54, 1.807) is 18.3 Å². The van der Waals surface area contributed by atoms with Crippen molar-refractivity contribution in [2.24, 2.45) is 10.2 Å². The van der Waals surface area contributed by atoms with Crippen LogP contribution < -0.4 is 0 Å². The molecule has 90 valence electrons. The van der Waals surface area contributed by atoms with Gasteiger partial charge in [0.05, 0.1) is 12.4 Å². The van der Waals surface area contributed by atoms with Crippen molar-refractivity contribution >= 4 is 28.4 Å². The average molecular weight is 305 g/mol. The van der Waals surface area contributed by atoms with E-state index in [2.05, 4.69) is 26.1 Å².